The van der Waals surface area contributed by atoms with E-state index in [-0.39, 0.29) is 16.6 Å². The van der Waals surface area contributed by atoms with Crippen LogP contribution in [0.1, 0.15) is 30.4 Å². The zero-order chi connectivity index (χ0) is 16.0. The standard InChI is InChI=1S/C19H19NOS2/c1-19(2)10-13-17(14(21)11-19)18(16-8-5-9-22-16)23-15-7-4-3-6-12(15)20-13/h3-10,17-18,20H,11H2,1-2H3/t17-,18-/m1/s1. The van der Waals surface area contributed by atoms with E-state index in [0.29, 0.717) is 12.2 Å². The van der Waals surface area contributed by atoms with Gasteiger partial charge in [-0.1, -0.05) is 38.1 Å². The van der Waals surface area contributed by atoms with Gasteiger partial charge >= 0.3 is 0 Å². The molecule has 2 aromatic rings. The van der Waals surface area contributed by atoms with Gasteiger partial charge in [-0.15, -0.1) is 23.1 Å². The number of anilines is 1. The van der Waals surface area contributed by atoms with Crippen LogP contribution in [0.3, 0.4) is 0 Å². The largest absolute Gasteiger partial charge is 0.358 e. The summed E-state index contributed by atoms with van der Waals surface area (Å²) in [6.45, 7) is 4.28. The topological polar surface area (TPSA) is 29.1 Å². The summed E-state index contributed by atoms with van der Waals surface area (Å²) >= 11 is 3.55. The van der Waals surface area contributed by atoms with Gasteiger partial charge in [-0.2, -0.15) is 0 Å². The Kier molecular flexibility index (Phi) is 3.62. The summed E-state index contributed by atoms with van der Waals surface area (Å²) in [4.78, 5) is 15.5. The van der Waals surface area contributed by atoms with Gasteiger partial charge in [-0.05, 0) is 29.0 Å². The number of para-hydroxylation sites is 1. The molecule has 2 heterocycles. The van der Waals surface area contributed by atoms with Gasteiger partial charge in [-0.25, -0.2) is 0 Å². The average Bonchev–Trinajstić information content (AvgIpc) is 2.95. The molecule has 1 N–H and O–H groups in total. The smallest absolute Gasteiger partial charge is 0.144 e. The van der Waals surface area contributed by atoms with Crippen molar-refractivity contribution in [3.8, 4) is 0 Å². The number of benzene rings is 1. The minimum Gasteiger partial charge on any atom is -0.358 e. The molecule has 0 radical (unpaired) electrons. The molecule has 0 bridgehead atoms. The van der Waals surface area contributed by atoms with Crippen molar-refractivity contribution in [1.82, 2.24) is 0 Å². The summed E-state index contributed by atoms with van der Waals surface area (Å²) in [5.74, 6) is 0.262. The lowest BCUT2D eigenvalue weighted by atomic mass is 9.74. The van der Waals surface area contributed by atoms with Crippen molar-refractivity contribution in [3.05, 3.63) is 58.4 Å². The van der Waals surface area contributed by atoms with Crippen LogP contribution in [0.25, 0.3) is 0 Å². The van der Waals surface area contributed by atoms with Gasteiger partial charge in [0.15, 0.2) is 0 Å². The first-order chi connectivity index (χ1) is 11.0. The van der Waals surface area contributed by atoms with Crippen molar-refractivity contribution < 1.29 is 4.79 Å². The van der Waals surface area contributed by atoms with Crippen molar-refractivity contribution in [2.24, 2.45) is 11.3 Å². The highest BCUT2D eigenvalue weighted by molar-refractivity contribution is 7.99. The summed E-state index contributed by atoms with van der Waals surface area (Å²) in [6.07, 6.45) is 2.88. The lowest BCUT2D eigenvalue weighted by Gasteiger charge is -2.34. The highest BCUT2D eigenvalue weighted by Crippen LogP contribution is 2.53. The summed E-state index contributed by atoms with van der Waals surface area (Å²) in [5.41, 5.74) is 2.10. The number of thioether (sulfide) groups is 1. The van der Waals surface area contributed by atoms with Gasteiger partial charge in [-0.3, -0.25) is 4.79 Å². The lowest BCUT2D eigenvalue weighted by molar-refractivity contribution is -0.123. The van der Waals surface area contributed by atoms with Crippen LogP contribution in [-0.4, -0.2) is 5.78 Å². The van der Waals surface area contributed by atoms with Crippen LogP contribution in [0.2, 0.25) is 0 Å². The molecule has 1 aromatic heterocycles. The molecule has 118 valence electrons. The first-order valence-electron chi connectivity index (χ1n) is 7.85. The van der Waals surface area contributed by atoms with Gasteiger partial charge in [0, 0.05) is 21.9 Å². The first kappa shape index (κ1) is 15.0. The van der Waals surface area contributed by atoms with Gasteiger partial charge < -0.3 is 5.32 Å². The van der Waals surface area contributed by atoms with Crippen molar-refractivity contribution in [3.63, 3.8) is 0 Å². The molecule has 0 fully saturated rings. The van der Waals surface area contributed by atoms with E-state index in [1.165, 1.54) is 9.77 Å². The van der Waals surface area contributed by atoms with Crippen LogP contribution < -0.4 is 5.32 Å². The molecule has 4 heteroatoms. The Morgan fingerprint density at radius 3 is 2.78 bits per heavy atom. The number of allylic oxidation sites excluding steroid dienone is 2. The van der Waals surface area contributed by atoms with Crippen molar-refractivity contribution in [1.29, 1.82) is 0 Å². The Hall–Kier alpha value is -1.52. The minimum absolute atomic E-state index is 0.0835. The van der Waals surface area contributed by atoms with Crippen LogP contribution in [0, 0.1) is 11.3 Å². The van der Waals surface area contributed by atoms with Gasteiger partial charge in [0.1, 0.15) is 5.78 Å². The molecule has 0 amide bonds. The maximum Gasteiger partial charge on any atom is 0.144 e. The summed E-state index contributed by atoms with van der Waals surface area (Å²) < 4.78 is 0. The predicted octanol–water partition coefficient (Wildman–Crippen LogP) is 5.51. The fourth-order valence-corrected chi connectivity index (χ4v) is 5.81. The van der Waals surface area contributed by atoms with Crippen LogP contribution >= 0.6 is 23.1 Å². The number of fused-ring (bicyclic) bond motifs is 2. The van der Waals surface area contributed by atoms with E-state index in [1.54, 1.807) is 11.3 Å². The van der Waals surface area contributed by atoms with Crippen LogP contribution in [-0.2, 0) is 4.79 Å². The number of rotatable bonds is 1. The molecule has 2 aliphatic rings. The Balaban J connectivity index is 1.88. The normalized spacial score (nSPS) is 25.7. The first-order valence-corrected chi connectivity index (χ1v) is 9.61. The molecular formula is C19H19NOS2. The summed E-state index contributed by atoms with van der Waals surface area (Å²) in [6, 6.07) is 12.6. The second-order valence-electron chi connectivity index (χ2n) is 6.88. The Morgan fingerprint density at radius 2 is 2.00 bits per heavy atom. The number of hydrogen-bond donors (Lipinski definition) is 1. The second-order valence-corrected chi connectivity index (χ2v) is 9.05. The number of nitrogens with one attached hydrogen (secondary N) is 1. The molecule has 0 unspecified atom stereocenters. The molecular weight excluding hydrogens is 322 g/mol. The molecule has 1 aliphatic heterocycles. The maximum atomic E-state index is 13.0. The third-order valence-corrected chi connectivity index (χ3v) is 6.90. The number of thiophene rings is 1. The zero-order valence-electron chi connectivity index (χ0n) is 13.2. The molecule has 0 saturated carbocycles. The molecule has 1 aromatic carbocycles. The highest BCUT2D eigenvalue weighted by atomic mass is 32.2. The fourth-order valence-electron chi connectivity index (χ4n) is 3.45. The molecule has 0 saturated heterocycles. The Bertz CT molecular complexity index is 776. The lowest BCUT2D eigenvalue weighted by Crippen LogP contribution is -2.33. The zero-order valence-corrected chi connectivity index (χ0v) is 14.8. The predicted molar refractivity (Wildman–Crippen MR) is 98.0 cm³/mol. The Labute approximate surface area is 145 Å². The van der Waals surface area contributed by atoms with E-state index in [9.17, 15) is 4.79 Å². The third-order valence-electron chi connectivity index (χ3n) is 4.40. The van der Waals surface area contributed by atoms with Crippen molar-refractivity contribution in [2.45, 2.75) is 30.4 Å². The number of ketones is 1. The number of carbonyl (C=O) groups is 1. The number of hydrogen-bond acceptors (Lipinski definition) is 4. The fraction of sp³-hybridized carbons (Fsp3) is 0.316. The second kappa shape index (κ2) is 5.53. The van der Waals surface area contributed by atoms with E-state index >= 15 is 0 Å². The molecule has 1 aliphatic carbocycles. The van der Waals surface area contributed by atoms with E-state index in [4.69, 9.17) is 0 Å². The quantitative estimate of drug-likeness (QED) is 0.742. The Morgan fingerprint density at radius 1 is 1.17 bits per heavy atom. The van der Waals surface area contributed by atoms with Crippen LogP contribution in [0.5, 0.6) is 0 Å². The van der Waals surface area contributed by atoms with E-state index in [1.807, 2.05) is 17.8 Å². The van der Waals surface area contributed by atoms with Crippen LogP contribution in [0.4, 0.5) is 5.69 Å². The number of carbonyl (C=O) groups excluding carboxylic acids is 1. The number of Topliss-reactive ketones (excluding diaryl/α,β-unsaturated/α-hetero) is 1. The molecule has 0 spiro atoms. The van der Waals surface area contributed by atoms with Crippen molar-refractivity contribution in [2.75, 3.05) is 5.32 Å². The van der Waals surface area contributed by atoms with E-state index in [2.05, 4.69) is 61.0 Å². The molecule has 4 rings (SSSR count). The average molecular weight is 342 g/mol. The van der Waals surface area contributed by atoms with Gasteiger partial charge in [0.05, 0.1) is 16.9 Å². The summed E-state index contributed by atoms with van der Waals surface area (Å²) in [5, 5.41) is 5.82. The molecule has 23 heavy (non-hydrogen) atoms. The maximum absolute atomic E-state index is 13.0. The van der Waals surface area contributed by atoms with Gasteiger partial charge in [0.2, 0.25) is 0 Å². The van der Waals surface area contributed by atoms with Crippen LogP contribution in [0.15, 0.2) is 58.4 Å². The monoisotopic (exact) mass is 341 g/mol. The SMILES string of the molecule is CC1(C)C=C2Nc3ccccc3S[C@H](c3cccs3)[C@H]2C(=O)C1. The molecule has 2 atom stereocenters. The van der Waals surface area contributed by atoms with Crippen molar-refractivity contribution >= 4 is 34.6 Å². The minimum atomic E-state index is -0.0842. The highest BCUT2D eigenvalue weighted by Gasteiger charge is 2.42. The summed E-state index contributed by atoms with van der Waals surface area (Å²) in [7, 11) is 0. The van der Waals surface area contributed by atoms with Gasteiger partial charge in [0.25, 0.3) is 0 Å². The molecule has 2 nitrogen and oxygen atoms in total. The third kappa shape index (κ3) is 2.74. The van der Waals surface area contributed by atoms with E-state index < -0.39 is 0 Å². The van der Waals surface area contributed by atoms with E-state index in [0.717, 1.165) is 11.4 Å².